The number of nitrogens with two attached hydrogens (primary N) is 1. The fourth-order valence-corrected chi connectivity index (χ4v) is 3.84. The van der Waals surface area contributed by atoms with E-state index in [4.69, 9.17) is 10.2 Å². The molecule has 0 spiro atoms. The Bertz CT molecular complexity index is 1520. The lowest BCUT2D eigenvalue weighted by Crippen LogP contribution is -2.07. The summed E-state index contributed by atoms with van der Waals surface area (Å²) in [4.78, 5) is 4.29. The minimum Gasteiger partial charge on any atom is -0.435 e. The Morgan fingerprint density at radius 1 is 1.00 bits per heavy atom. The molecule has 2 aromatic heterocycles. The fraction of sp³-hybridized carbons (Fsp3) is 0.125. The number of rotatable bonds is 4. The molecule has 0 atom stereocenters. The van der Waals surface area contributed by atoms with Gasteiger partial charge in [0, 0.05) is 24.7 Å². The predicted octanol–water partition coefficient (Wildman–Crippen LogP) is 5.57. The quantitative estimate of drug-likeness (QED) is 0.349. The average Bonchev–Trinajstić information content (AvgIpc) is 3.43. The van der Waals surface area contributed by atoms with Gasteiger partial charge in [-0.3, -0.25) is 0 Å². The van der Waals surface area contributed by atoms with Crippen molar-refractivity contribution < 1.29 is 22.0 Å². The van der Waals surface area contributed by atoms with Gasteiger partial charge in [0.2, 0.25) is 5.89 Å². The summed E-state index contributed by atoms with van der Waals surface area (Å²) in [5, 5.41) is 7.93. The van der Waals surface area contributed by atoms with Crippen LogP contribution in [-0.4, -0.2) is 19.7 Å². The molecule has 0 amide bonds. The first kappa shape index (κ1) is 21.8. The highest BCUT2D eigenvalue weighted by Gasteiger charge is 2.35. The summed E-state index contributed by atoms with van der Waals surface area (Å²) in [6, 6.07) is 13.7. The number of nitrogens with zero attached hydrogens (tertiary/aromatic N) is 4. The Morgan fingerprint density at radius 2 is 1.79 bits per heavy atom. The van der Waals surface area contributed by atoms with E-state index in [2.05, 4.69) is 15.2 Å². The van der Waals surface area contributed by atoms with Gasteiger partial charge in [0.25, 0.3) is 0 Å². The van der Waals surface area contributed by atoms with Crippen molar-refractivity contribution in [1.82, 2.24) is 19.7 Å². The van der Waals surface area contributed by atoms with Crippen LogP contribution in [0.2, 0.25) is 0 Å². The Kier molecular flexibility index (Phi) is 5.17. The van der Waals surface area contributed by atoms with Crippen LogP contribution in [0.5, 0.6) is 0 Å². The molecule has 0 bridgehead atoms. The van der Waals surface area contributed by atoms with E-state index in [0.29, 0.717) is 33.6 Å². The average molecular weight is 467 g/mol. The minimum atomic E-state index is -4.62. The highest BCUT2D eigenvalue weighted by Crippen LogP contribution is 2.39. The van der Waals surface area contributed by atoms with Gasteiger partial charge >= 0.3 is 6.18 Å². The lowest BCUT2D eigenvalue weighted by molar-refractivity contribution is -0.136. The number of hydrogen-bond donors (Lipinski definition) is 1. The largest absolute Gasteiger partial charge is 0.435 e. The number of fused-ring (bicyclic) bond motifs is 1. The molecule has 5 aromatic rings. The maximum absolute atomic E-state index is 14.1. The van der Waals surface area contributed by atoms with E-state index < -0.39 is 17.6 Å². The van der Waals surface area contributed by atoms with E-state index in [-0.39, 0.29) is 23.5 Å². The number of oxazole rings is 1. The standard InChI is InChI=1S/C24H17F4N5O/c1-33-12-30-32-22(33)18-10-16(25)5-6-17(18)14-3-2-4-15(9-14)23-31-20-8-13(11-29)7-19(21(20)34-23)24(26,27)28/h2-10,12H,11,29H2,1H3. The van der Waals surface area contributed by atoms with Crippen molar-refractivity contribution in [2.75, 3.05) is 0 Å². The van der Waals surface area contributed by atoms with E-state index in [0.717, 1.165) is 6.07 Å². The van der Waals surface area contributed by atoms with Gasteiger partial charge in [-0.25, -0.2) is 9.37 Å². The second-order valence-corrected chi connectivity index (χ2v) is 7.75. The molecule has 0 aliphatic carbocycles. The Hall–Kier alpha value is -4.05. The third-order valence-electron chi connectivity index (χ3n) is 5.45. The first-order chi connectivity index (χ1) is 16.2. The van der Waals surface area contributed by atoms with E-state index in [1.54, 1.807) is 41.9 Å². The number of halogens is 4. The van der Waals surface area contributed by atoms with Gasteiger partial charge in [0.1, 0.15) is 23.2 Å². The van der Waals surface area contributed by atoms with Gasteiger partial charge in [-0.2, -0.15) is 13.2 Å². The van der Waals surface area contributed by atoms with Crippen molar-refractivity contribution in [3.8, 4) is 34.0 Å². The van der Waals surface area contributed by atoms with Crippen LogP contribution >= 0.6 is 0 Å². The van der Waals surface area contributed by atoms with Gasteiger partial charge in [0.05, 0.1) is 0 Å². The summed E-state index contributed by atoms with van der Waals surface area (Å²) in [6.45, 7) is -0.0634. The lowest BCUT2D eigenvalue weighted by atomic mass is 9.97. The fourth-order valence-electron chi connectivity index (χ4n) is 3.84. The van der Waals surface area contributed by atoms with Crippen molar-refractivity contribution in [2.45, 2.75) is 12.7 Å². The minimum absolute atomic E-state index is 0.0267. The number of benzene rings is 3. The molecular formula is C24H17F4N5O. The van der Waals surface area contributed by atoms with E-state index in [1.807, 2.05) is 0 Å². The molecule has 5 rings (SSSR count). The van der Waals surface area contributed by atoms with Crippen LogP contribution in [0.3, 0.4) is 0 Å². The number of alkyl halides is 3. The first-order valence-corrected chi connectivity index (χ1v) is 10.2. The molecule has 34 heavy (non-hydrogen) atoms. The van der Waals surface area contributed by atoms with Gasteiger partial charge in [-0.05, 0) is 53.1 Å². The molecule has 0 radical (unpaired) electrons. The van der Waals surface area contributed by atoms with E-state index in [1.165, 1.54) is 24.5 Å². The molecule has 172 valence electrons. The summed E-state index contributed by atoms with van der Waals surface area (Å²) >= 11 is 0. The Labute approximate surface area is 190 Å². The zero-order chi connectivity index (χ0) is 24.0. The molecule has 0 aliphatic rings. The van der Waals surface area contributed by atoms with Crippen molar-refractivity contribution >= 4 is 11.1 Å². The summed E-state index contributed by atoms with van der Waals surface area (Å²) < 4.78 is 62.1. The van der Waals surface area contributed by atoms with Crippen LogP contribution < -0.4 is 5.73 Å². The number of aryl methyl sites for hydroxylation is 1. The molecule has 0 saturated carbocycles. The van der Waals surface area contributed by atoms with Gasteiger partial charge in [-0.15, -0.1) is 10.2 Å². The monoisotopic (exact) mass is 467 g/mol. The van der Waals surface area contributed by atoms with Gasteiger partial charge in [-0.1, -0.05) is 18.2 Å². The molecule has 0 fully saturated rings. The second-order valence-electron chi connectivity index (χ2n) is 7.75. The normalized spacial score (nSPS) is 11.9. The van der Waals surface area contributed by atoms with Crippen LogP contribution in [0.1, 0.15) is 11.1 Å². The molecular weight excluding hydrogens is 450 g/mol. The van der Waals surface area contributed by atoms with E-state index >= 15 is 0 Å². The highest BCUT2D eigenvalue weighted by molar-refractivity contribution is 5.84. The van der Waals surface area contributed by atoms with Crippen molar-refractivity contribution in [1.29, 1.82) is 0 Å². The van der Waals surface area contributed by atoms with Crippen LogP contribution in [0.4, 0.5) is 17.6 Å². The SMILES string of the molecule is Cn1cnnc1-c1cc(F)ccc1-c1cccc(-c2nc3cc(CN)cc(C(F)(F)F)c3o2)c1. The topological polar surface area (TPSA) is 82.8 Å². The first-order valence-electron chi connectivity index (χ1n) is 10.2. The maximum Gasteiger partial charge on any atom is 0.420 e. The predicted molar refractivity (Wildman–Crippen MR) is 118 cm³/mol. The molecule has 6 nitrogen and oxygen atoms in total. The third kappa shape index (κ3) is 3.81. The lowest BCUT2D eigenvalue weighted by Gasteiger charge is -2.10. The third-order valence-corrected chi connectivity index (χ3v) is 5.45. The highest BCUT2D eigenvalue weighted by atomic mass is 19.4. The molecule has 0 unspecified atom stereocenters. The van der Waals surface area contributed by atoms with Crippen molar-refractivity contribution in [3.63, 3.8) is 0 Å². The van der Waals surface area contributed by atoms with Crippen molar-refractivity contribution in [3.05, 3.63) is 77.9 Å². The zero-order valence-electron chi connectivity index (χ0n) is 17.8. The summed E-state index contributed by atoms with van der Waals surface area (Å²) in [6.07, 6.45) is -3.12. The summed E-state index contributed by atoms with van der Waals surface area (Å²) in [5.41, 5.74) is 6.97. The van der Waals surface area contributed by atoms with Crippen LogP contribution in [0, 0.1) is 5.82 Å². The molecule has 3 aromatic carbocycles. The molecule has 10 heteroatoms. The maximum atomic E-state index is 14.1. The Balaban J connectivity index is 1.65. The molecule has 2 N–H and O–H groups in total. The van der Waals surface area contributed by atoms with Gasteiger partial charge < -0.3 is 14.7 Å². The smallest absolute Gasteiger partial charge is 0.420 e. The molecule has 2 heterocycles. The summed E-state index contributed by atoms with van der Waals surface area (Å²) in [7, 11) is 1.74. The zero-order valence-corrected chi connectivity index (χ0v) is 17.8. The van der Waals surface area contributed by atoms with Crippen LogP contribution in [0.25, 0.3) is 45.1 Å². The van der Waals surface area contributed by atoms with Crippen molar-refractivity contribution in [2.24, 2.45) is 12.8 Å². The number of aromatic nitrogens is 4. The van der Waals surface area contributed by atoms with Crippen LogP contribution in [0.15, 0.2) is 65.3 Å². The second kappa shape index (κ2) is 8.07. The summed E-state index contributed by atoms with van der Waals surface area (Å²) in [5.74, 6) is 0.0528. The van der Waals surface area contributed by atoms with E-state index in [9.17, 15) is 17.6 Å². The van der Waals surface area contributed by atoms with Gasteiger partial charge in [0.15, 0.2) is 11.4 Å². The Morgan fingerprint density at radius 3 is 2.50 bits per heavy atom. The molecule has 0 saturated heterocycles. The molecule has 0 aliphatic heterocycles. The number of hydrogen-bond acceptors (Lipinski definition) is 5. The van der Waals surface area contributed by atoms with Crippen LogP contribution in [-0.2, 0) is 19.8 Å².